The normalized spacial score (nSPS) is 9.47. The van der Waals surface area contributed by atoms with E-state index in [4.69, 9.17) is 5.26 Å². The standard InChI is InChI=1S/C12H15N3O2/c1-3-15(7-6-12(16)17-2)11-5-4-10(8-13)14-9-11/h4-5,9H,3,6-7H2,1-2H3. The molecule has 0 bridgehead atoms. The lowest BCUT2D eigenvalue weighted by molar-refractivity contribution is -0.140. The van der Waals surface area contributed by atoms with Gasteiger partial charge in [0.1, 0.15) is 11.8 Å². The number of ether oxygens (including phenoxy) is 1. The predicted molar refractivity (Wildman–Crippen MR) is 63.5 cm³/mol. The third-order valence-electron chi connectivity index (χ3n) is 2.42. The van der Waals surface area contributed by atoms with Crippen molar-refractivity contribution in [3.63, 3.8) is 0 Å². The van der Waals surface area contributed by atoms with E-state index in [1.807, 2.05) is 24.0 Å². The van der Waals surface area contributed by atoms with Crippen LogP contribution in [0.15, 0.2) is 18.3 Å². The van der Waals surface area contributed by atoms with E-state index in [2.05, 4.69) is 9.72 Å². The highest BCUT2D eigenvalue weighted by atomic mass is 16.5. The first-order valence-corrected chi connectivity index (χ1v) is 5.39. The zero-order valence-corrected chi connectivity index (χ0v) is 10.0. The maximum Gasteiger partial charge on any atom is 0.307 e. The van der Waals surface area contributed by atoms with Crippen LogP contribution in [0.1, 0.15) is 19.0 Å². The van der Waals surface area contributed by atoms with Gasteiger partial charge in [-0.15, -0.1) is 0 Å². The SMILES string of the molecule is CCN(CCC(=O)OC)c1ccc(C#N)nc1. The molecule has 0 unspecified atom stereocenters. The molecular formula is C12H15N3O2. The van der Waals surface area contributed by atoms with Crippen molar-refractivity contribution in [3.8, 4) is 6.07 Å². The number of carbonyl (C=O) groups is 1. The molecule has 1 heterocycles. The lowest BCUT2D eigenvalue weighted by Gasteiger charge is -2.21. The number of esters is 1. The minimum atomic E-state index is -0.231. The zero-order chi connectivity index (χ0) is 12.7. The summed E-state index contributed by atoms with van der Waals surface area (Å²) in [6, 6.07) is 5.46. The Morgan fingerprint density at radius 2 is 2.35 bits per heavy atom. The number of nitriles is 1. The van der Waals surface area contributed by atoms with Gasteiger partial charge in [0, 0.05) is 13.1 Å². The Kier molecular flexibility index (Phi) is 4.95. The fourth-order valence-corrected chi connectivity index (χ4v) is 1.44. The summed E-state index contributed by atoms with van der Waals surface area (Å²) in [4.78, 5) is 17.1. The van der Waals surface area contributed by atoms with Gasteiger partial charge in [-0.05, 0) is 19.1 Å². The predicted octanol–water partition coefficient (Wildman–Crippen LogP) is 1.34. The number of anilines is 1. The number of nitrogens with zero attached hydrogens (tertiary/aromatic N) is 3. The summed E-state index contributed by atoms with van der Waals surface area (Å²) in [6.07, 6.45) is 1.98. The Labute approximate surface area is 101 Å². The van der Waals surface area contributed by atoms with Crippen molar-refractivity contribution in [3.05, 3.63) is 24.0 Å². The Bertz CT molecular complexity index is 409. The van der Waals surface area contributed by atoms with Crippen LogP contribution in [-0.2, 0) is 9.53 Å². The van der Waals surface area contributed by atoms with Crippen LogP contribution in [0, 0.1) is 11.3 Å². The van der Waals surface area contributed by atoms with Crippen LogP contribution in [0.5, 0.6) is 0 Å². The van der Waals surface area contributed by atoms with Gasteiger partial charge in [0.15, 0.2) is 0 Å². The monoisotopic (exact) mass is 233 g/mol. The van der Waals surface area contributed by atoms with Gasteiger partial charge in [0.25, 0.3) is 0 Å². The fourth-order valence-electron chi connectivity index (χ4n) is 1.44. The summed E-state index contributed by atoms with van der Waals surface area (Å²) in [5.74, 6) is -0.231. The number of methoxy groups -OCH3 is 1. The molecule has 0 aliphatic heterocycles. The van der Waals surface area contributed by atoms with Crippen LogP contribution in [0.3, 0.4) is 0 Å². The summed E-state index contributed by atoms with van der Waals surface area (Å²) in [5, 5.41) is 8.65. The third kappa shape index (κ3) is 3.76. The molecule has 1 aromatic rings. The Morgan fingerprint density at radius 1 is 1.59 bits per heavy atom. The highest BCUT2D eigenvalue weighted by Gasteiger charge is 2.08. The van der Waals surface area contributed by atoms with Gasteiger partial charge in [-0.3, -0.25) is 4.79 Å². The van der Waals surface area contributed by atoms with E-state index in [1.165, 1.54) is 7.11 Å². The molecule has 90 valence electrons. The van der Waals surface area contributed by atoms with Crippen LogP contribution in [0.2, 0.25) is 0 Å². The van der Waals surface area contributed by atoms with Crippen LogP contribution in [-0.4, -0.2) is 31.2 Å². The van der Waals surface area contributed by atoms with Gasteiger partial charge < -0.3 is 9.64 Å². The van der Waals surface area contributed by atoms with Crippen molar-refractivity contribution >= 4 is 11.7 Å². The molecule has 0 aliphatic carbocycles. The minimum Gasteiger partial charge on any atom is -0.469 e. The molecule has 0 amide bonds. The maximum absolute atomic E-state index is 11.1. The van der Waals surface area contributed by atoms with E-state index in [0.29, 0.717) is 18.7 Å². The van der Waals surface area contributed by atoms with Crippen LogP contribution < -0.4 is 4.90 Å². The van der Waals surface area contributed by atoms with Crippen molar-refractivity contribution in [2.24, 2.45) is 0 Å². The van der Waals surface area contributed by atoms with Crippen molar-refractivity contribution in [1.82, 2.24) is 4.98 Å². The first-order chi connectivity index (χ1) is 8.21. The molecule has 0 aliphatic rings. The summed E-state index contributed by atoms with van der Waals surface area (Å²) in [5.41, 5.74) is 1.29. The van der Waals surface area contributed by atoms with Gasteiger partial charge in [-0.25, -0.2) is 4.98 Å². The number of pyridine rings is 1. The van der Waals surface area contributed by atoms with Gasteiger partial charge in [-0.2, -0.15) is 5.26 Å². The van der Waals surface area contributed by atoms with E-state index in [9.17, 15) is 4.79 Å². The summed E-state index contributed by atoms with van der Waals surface area (Å²) in [6.45, 7) is 3.34. The van der Waals surface area contributed by atoms with Crippen molar-refractivity contribution in [2.75, 3.05) is 25.1 Å². The molecule has 5 heteroatoms. The quantitative estimate of drug-likeness (QED) is 0.718. The molecular weight excluding hydrogens is 218 g/mol. The van der Waals surface area contributed by atoms with E-state index in [1.54, 1.807) is 12.3 Å². The Morgan fingerprint density at radius 3 is 2.82 bits per heavy atom. The van der Waals surface area contributed by atoms with Crippen molar-refractivity contribution < 1.29 is 9.53 Å². The number of carbonyl (C=O) groups excluding carboxylic acids is 1. The molecule has 17 heavy (non-hydrogen) atoms. The number of rotatable bonds is 5. The smallest absolute Gasteiger partial charge is 0.307 e. The highest BCUT2D eigenvalue weighted by molar-refractivity contribution is 5.70. The van der Waals surface area contributed by atoms with Gasteiger partial charge in [0.05, 0.1) is 25.4 Å². The number of hydrogen-bond acceptors (Lipinski definition) is 5. The highest BCUT2D eigenvalue weighted by Crippen LogP contribution is 2.13. The van der Waals surface area contributed by atoms with E-state index >= 15 is 0 Å². The molecule has 0 saturated carbocycles. The van der Waals surface area contributed by atoms with Crippen molar-refractivity contribution in [1.29, 1.82) is 5.26 Å². The summed E-state index contributed by atoms with van der Waals surface area (Å²) in [7, 11) is 1.38. The molecule has 0 N–H and O–H groups in total. The summed E-state index contributed by atoms with van der Waals surface area (Å²) >= 11 is 0. The van der Waals surface area contributed by atoms with Gasteiger partial charge >= 0.3 is 5.97 Å². The van der Waals surface area contributed by atoms with E-state index in [-0.39, 0.29) is 5.97 Å². The molecule has 0 saturated heterocycles. The number of aromatic nitrogens is 1. The maximum atomic E-state index is 11.1. The topological polar surface area (TPSA) is 66.2 Å². The molecule has 0 radical (unpaired) electrons. The van der Waals surface area contributed by atoms with Crippen LogP contribution >= 0.6 is 0 Å². The second-order valence-electron chi connectivity index (χ2n) is 3.42. The first kappa shape index (κ1) is 13.0. The van der Waals surface area contributed by atoms with Crippen molar-refractivity contribution in [2.45, 2.75) is 13.3 Å². The number of hydrogen-bond donors (Lipinski definition) is 0. The lowest BCUT2D eigenvalue weighted by Crippen LogP contribution is -2.26. The Balaban J connectivity index is 2.66. The Hall–Kier alpha value is -2.09. The molecule has 5 nitrogen and oxygen atoms in total. The molecule has 0 aromatic carbocycles. The summed E-state index contributed by atoms with van der Waals surface area (Å²) < 4.78 is 4.59. The molecule has 1 aromatic heterocycles. The first-order valence-electron chi connectivity index (χ1n) is 5.39. The van der Waals surface area contributed by atoms with E-state index < -0.39 is 0 Å². The molecule has 0 fully saturated rings. The van der Waals surface area contributed by atoms with Gasteiger partial charge in [-0.1, -0.05) is 0 Å². The second kappa shape index (κ2) is 6.48. The molecule has 0 atom stereocenters. The molecule has 1 rings (SSSR count). The average Bonchev–Trinajstić information content (AvgIpc) is 2.39. The average molecular weight is 233 g/mol. The lowest BCUT2D eigenvalue weighted by atomic mass is 10.3. The largest absolute Gasteiger partial charge is 0.469 e. The third-order valence-corrected chi connectivity index (χ3v) is 2.42. The van der Waals surface area contributed by atoms with Crippen LogP contribution in [0.4, 0.5) is 5.69 Å². The van der Waals surface area contributed by atoms with Crippen LogP contribution in [0.25, 0.3) is 0 Å². The molecule has 0 spiro atoms. The zero-order valence-electron chi connectivity index (χ0n) is 10.0. The van der Waals surface area contributed by atoms with E-state index in [0.717, 1.165) is 12.2 Å². The minimum absolute atomic E-state index is 0.231. The fraction of sp³-hybridized carbons (Fsp3) is 0.417. The second-order valence-corrected chi connectivity index (χ2v) is 3.42. The van der Waals surface area contributed by atoms with Gasteiger partial charge in [0.2, 0.25) is 0 Å².